The van der Waals surface area contributed by atoms with Gasteiger partial charge in [0, 0.05) is 18.8 Å². The topological polar surface area (TPSA) is 21.3 Å². The Morgan fingerprint density at radius 1 is 1.27 bits per heavy atom. The molecular weight excluding hydrogens is 186 g/mol. The maximum Gasteiger partial charge on any atom is 0.122 e. The molecule has 0 aromatic heterocycles. The summed E-state index contributed by atoms with van der Waals surface area (Å²) in [6.45, 7) is 6.28. The molecule has 0 spiro atoms. The molecule has 2 nitrogen and oxygen atoms in total. The second-order valence-electron chi connectivity index (χ2n) is 4.03. The molecule has 0 aliphatic carbocycles. The van der Waals surface area contributed by atoms with Gasteiger partial charge < -0.3 is 10.1 Å². The second kappa shape index (κ2) is 5.64. The van der Waals surface area contributed by atoms with Gasteiger partial charge in [-0.25, -0.2) is 0 Å². The maximum absolute atomic E-state index is 5.70. The van der Waals surface area contributed by atoms with Crippen molar-refractivity contribution in [1.82, 2.24) is 0 Å². The van der Waals surface area contributed by atoms with Crippen LogP contribution in [0.5, 0.6) is 5.75 Å². The number of nitrogens with one attached hydrogen (secondary N) is 1. The van der Waals surface area contributed by atoms with Crippen molar-refractivity contribution in [3.8, 4) is 5.75 Å². The van der Waals surface area contributed by atoms with Gasteiger partial charge in [-0.3, -0.25) is 0 Å². The van der Waals surface area contributed by atoms with E-state index in [0.717, 1.165) is 24.3 Å². The number of benzene rings is 1. The van der Waals surface area contributed by atoms with Gasteiger partial charge in [0.25, 0.3) is 0 Å². The Labute approximate surface area is 92.6 Å². The number of anilines is 1. The number of hydrogen-bond acceptors (Lipinski definition) is 2. The average molecular weight is 207 g/mol. The molecule has 1 rings (SSSR count). The molecule has 0 heterocycles. The summed E-state index contributed by atoms with van der Waals surface area (Å²) in [6.07, 6.45) is 2.49. The van der Waals surface area contributed by atoms with Crippen LogP contribution in [0.2, 0.25) is 0 Å². The number of aryl methyl sites for hydroxylation is 1. The molecule has 0 saturated heterocycles. The van der Waals surface area contributed by atoms with Crippen LogP contribution in [0.25, 0.3) is 0 Å². The minimum Gasteiger partial charge on any atom is -0.491 e. The van der Waals surface area contributed by atoms with Gasteiger partial charge in [0.1, 0.15) is 5.75 Å². The molecule has 1 aromatic rings. The molecule has 0 aliphatic rings. The maximum atomic E-state index is 5.70. The van der Waals surface area contributed by atoms with E-state index in [1.165, 1.54) is 5.56 Å². The van der Waals surface area contributed by atoms with Gasteiger partial charge in [0.2, 0.25) is 0 Å². The Bertz CT molecular complexity index is 307. The Morgan fingerprint density at radius 3 is 2.53 bits per heavy atom. The highest BCUT2D eigenvalue weighted by molar-refractivity contribution is 5.51. The minimum atomic E-state index is 0.228. The lowest BCUT2D eigenvalue weighted by molar-refractivity contribution is 0.242. The molecule has 0 saturated carbocycles. The van der Waals surface area contributed by atoms with Crippen LogP contribution in [0, 0.1) is 0 Å². The Kier molecular flexibility index (Phi) is 4.47. The Morgan fingerprint density at radius 2 is 2.00 bits per heavy atom. The fraction of sp³-hybridized carbons (Fsp3) is 0.538. The molecule has 1 N–H and O–H groups in total. The predicted octanol–water partition coefficient (Wildman–Crippen LogP) is 3.47. The molecule has 0 fully saturated rings. The van der Waals surface area contributed by atoms with Crippen LogP contribution in [0.15, 0.2) is 18.2 Å². The molecule has 0 bridgehead atoms. The van der Waals surface area contributed by atoms with Crippen molar-refractivity contribution in [2.24, 2.45) is 0 Å². The van der Waals surface area contributed by atoms with Gasteiger partial charge in [-0.15, -0.1) is 0 Å². The Hall–Kier alpha value is -1.18. The lowest BCUT2D eigenvalue weighted by Crippen LogP contribution is -2.06. The summed E-state index contributed by atoms with van der Waals surface area (Å²) in [4.78, 5) is 0. The third-order valence-corrected chi connectivity index (χ3v) is 2.17. The molecule has 0 atom stereocenters. The van der Waals surface area contributed by atoms with Crippen molar-refractivity contribution in [3.05, 3.63) is 23.8 Å². The molecule has 15 heavy (non-hydrogen) atoms. The molecule has 0 aliphatic heterocycles. The van der Waals surface area contributed by atoms with E-state index in [-0.39, 0.29) is 6.10 Å². The third-order valence-electron chi connectivity index (χ3n) is 2.17. The van der Waals surface area contributed by atoms with E-state index < -0.39 is 0 Å². The van der Waals surface area contributed by atoms with E-state index in [1.807, 2.05) is 27.0 Å². The van der Waals surface area contributed by atoms with Crippen LogP contribution in [0.3, 0.4) is 0 Å². The summed E-state index contributed by atoms with van der Waals surface area (Å²) < 4.78 is 5.70. The van der Waals surface area contributed by atoms with Gasteiger partial charge in [-0.1, -0.05) is 13.3 Å². The summed E-state index contributed by atoms with van der Waals surface area (Å²) in [5, 5.41) is 3.16. The molecule has 2 heteroatoms. The van der Waals surface area contributed by atoms with Crippen LogP contribution in [-0.4, -0.2) is 13.2 Å². The van der Waals surface area contributed by atoms with E-state index >= 15 is 0 Å². The molecule has 0 unspecified atom stereocenters. The molecular formula is C13H21NO. The SMILES string of the molecule is CCCc1cc(NC)cc(OC(C)C)c1. The normalized spacial score (nSPS) is 10.5. The van der Waals surface area contributed by atoms with Gasteiger partial charge in [0.15, 0.2) is 0 Å². The van der Waals surface area contributed by atoms with Crippen molar-refractivity contribution in [2.75, 3.05) is 12.4 Å². The Balaban J connectivity index is 2.89. The summed E-state index contributed by atoms with van der Waals surface area (Å²) in [5.41, 5.74) is 2.46. The van der Waals surface area contributed by atoms with Gasteiger partial charge in [-0.05, 0) is 38.0 Å². The zero-order valence-corrected chi connectivity index (χ0v) is 10.1. The average Bonchev–Trinajstić information content (AvgIpc) is 2.16. The number of rotatable bonds is 5. The predicted molar refractivity (Wildman–Crippen MR) is 65.7 cm³/mol. The fourth-order valence-corrected chi connectivity index (χ4v) is 1.58. The second-order valence-corrected chi connectivity index (χ2v) is 4.03. The zero-order chi connectivity index (χ0) is 11.3. The summed E-state index contributed by atoms with van der Waals surface area (Å²) >= 11 is 0. The molecule has 0 radical (unpaired) electrons. The van der Waals surface area contributed by atoms with Gasteiger partial charge >= 0.3 is 0 Å². The van der Waals surface area contributed by atoms with E-state index in [9.17, 15) is 0 Å². The van der Waals surface area contributed by atoms with E-state index in [0.29, 0.717) is 0 Å². The quantitative estimate of drug-likeness (QED) is 0.798. The summed E-state index contributed by atoms with van der Waals surface area (Å²) in [5.74, 6) is 0.959. The first kappa shape index (κ1) is 11.9. The van der Waals surface area contributed by atoms with Crippen LogP contribution < -0.4 is 10.1 Å². The van der Waals surface area contributed by atoms with Gasteiger partial charge in [-0.2, -0.15) is 0 Å². The number of ether oxygens (including phenoxy) is 1. The van der Waals surface area contributed by atoms with Crippen molar-refractivity contribution >= 4 is 5.69 Å². The van der Waals surface area contributed by atoms with Crippen molar-refractivity contribution in [2.45, 2.75) is 39.7 Å². The smallest absolute Gasteiger partial charge is 0.122 e. The highest BCUT2D eigenvalue weighted by Gasteiger charge is 2.02. The van der Waals surface area contributed by atoms with Crippen LogP contribution in [0.1, 0.15) is 32.8 Å². The number of hydrogen-bond donors (Lipinski definition) is 1. The molecule has 84 valence electrons. The zero-order valence-electron chi connectivity index (χ0n) is 10.1. The molecule has 1 aromatic carbocycles. The minimum absolute atomic E-state index is 0.228. The van der Waals surface area contributed by atoms with Crippen LogP contribution >= 0.6 is 0 Å². The van der Waals surface area contributed by atoms with Crippen LogP contribution in [-0.2, 0) is 6.42 Å². The first-order chi connectivity index (χ1) is 7.15. The van der Waals surface area contributed by atoms with Crippen molar-refractivity contribution in [1.29, 1.82) is 0 Å². The van der Waals surface area contributed by atoms with Crippen LogP contribution in [0.4, 0.5) is 5.69 Å². The first-order valence-corrected chi connectivity index (χ1v) is 5.64. The highest BCUT2D eigenvalue weighted by atomic mass is 16.5. The van der Waals surface area contributed by atoms with Crippen molar-refractivity contribution in [3.63, 3.8) is 0 Å². The summed E-state index contributed by atoms with van der Waals surface area (Å²) in [6, 6.07) is 6.35. The van der Waals surface area contributed by atoms with E-state index in [1.54, 1.807) is 0 Å². The third kappa shape index (κ3) is 3.82. The lowest BCUT2D eigenvalue weighted by Gasteiger charge is -2.13. The van der Waals surface area contributed by atoms with Gasteiger partial charge in [0.05, 0.1) is 6.10 Å². The van der Waals surface area contributed by atoms with Crippen molar-refractivity contribution < 1.29 is 4.74 Å². The fourth-order valence-electron chi connectivity index (χ4n) is 1.58. The van der Waals surface area contributed by atoms with E-state index in [2.05, 4.69) is 24.4 Å². The monoisotopic (exact) mass is 207 g/mol. The highest BCUT2D eigenvalue weighted by Crippen LogP contribution is 2.22. The van der Waals surface area contributed by atoms with E-state index in [4.69, 9.17) is 4.74 Å². The summed E-state index contributed by atoms with van der Waals surface area (Å²) in [7, 11) is 1.93. The standard InChI is InChI=1S/C13H21NO/c1-5-6-11-7-12(14-4)9-13(8-11)15-10(2)3/h7-10,14H,5-6H2,1-4H3. The molecule has 0 amide bonds. The lowest BCUT2D eigenvalue weighted by atomic mass is 10.1. The first-order valence-electron chi connectivity index (χ1n) is 5.64. The largest absolute Gasteiger partial charge is 0.491 e.